The molecule has 3 nitrogen and oxygen atoms in total. The number of thiophene rings is 1. The van der Waals surface area contributed by atoms with Crippen molar-refractivity contribution in [1.29, 1.82) is 0 Å². The Kier molecular flexibility index (Phi) is 3.73. The number of carbonyl (C=O) groups is 1. The van der Waals surface area contributed by atoms with Crippen molar-refractivity contribution in [2.45, 2.75) is 13.8 Å². The van der Waals surface area contributed by atoms with Gasteiger partial charge in [-0.25, -0.2) is 0 Å². The number of hydrogen-bond donors (Lipinski definition) is 2. The maximum atomic E-state index is 12.1. The van der Waals surface area contributed by atoms with Crippen LogP contribution in [0.25, 0.3) is 0 Å². The normalized spacial score (nSPS) is 10.4. The Morgan fingerprint density at radius 1 is 1.33 bits per heavy atom. The zero-order valence-electron chi connectivity index (χ0n) is 10.1. The van der Waals surface area contributed by atoms with Crippen LogP contribution in [0.5, 0.6) is 0 Å². The first kappa shape index (κ1) is 13.1. The van der Waals surface area contributed by atoms with Gasteiger partial charge in [0.1, 0.15) is 0 Å². The molecule has 0 radical (unpaired) electrons. The van der Waals surface area contributed by atoms with Crippen molar-refractivity contribution in [2.24, 2.45) is 0 Å². The second kappa shape index (κ2) is 5.12. The summed E-state index contributed by atoms with van der Waals surface area (Å²) in [6, 6.07) is 7.52. The Morgan fingerprint density at radius 3 is 2.67 bits per heavy atom. The standard InChI is InChI=1S/C13H13BrN2OS/c1-7-3-4-9(14)11(5-7)16-13(17)12-6-10(15)8(2)18-12/h3-6H,15H2,1-2H3,(H,16,17). The number of anilines is 2. The summed E-state index contributed by atoms with van der Waals surface area (Å²) >= 11 is 4.81. The molecule has 0 spiro atoms. The second-order valence-corrected chi connectivity index (χ2v) is 6.17. The molecule has 2 rings (SSSR count). The van der Waals surface area contributed by atoms with Gasteiger partial charge in [-0.2, -0.15) is 0 Å². The number of benzene rings is 1. The van der Waals surface area contributed by atoms with E-state index in [2.05, 4.69) is 21.2 Å². The van der Waals surface area contributed by atoms with Gasteiger partial charge in [-0.05, 0) is 53.5 Å². The molecule has 1 aromatic carbocycles. The lowest BCUT2D eigenvalue weighted by Crippen LogP contribution is -2.10. The molecular formula is C13H13BrN2OS. The molecule has 1 heterocycles. The quantitative estimate of drug-likeness (QED) is 0.878. The molecule has 0 unspecified atom stereocenters. The Morgan fingerprint density at radius 2 is 2.06 bits per heavy atom. The van der Waals surface area contributed by atoms with Crippen molar-refractivity contribution in [3.8, 4) is 0 Å². The molecule has 1 aromatic heterocycles. The highest BCUT2D eigenvalue weighted by molar-refractivity contribution is 9.10. The van der Waals surface area contributed by atoms with Crippen molar-refractivity contribution in [3.05, 3.63) is 44.1 Å². The zero-order valence-corrected chi connectivity index (χ0v) is 12.5. The van der Waals surface area contributed by atoms with Crippen molar-refractivity contribution in [2.75, 3.05) is 11.1 Å². The molecule has 0 saturated heterocycles. The Hall–Kier alpha value is -1.33. The highest BCUT2D eigenvalue weighted by Gasteiger charge is 2.12. The Bertz CT molecular complexity index is 588. The average Bonchev–Trinajstić information content (AvgIpc) is 2.64. The number of carbonyl (C=O) groups excluding carboxylic acids is 1. The maximum absolute atomic E-state index is 12.1. The van der Waals surface area contributed by atoms with Crippen molar-refractivity contribution >= 4 is 44.5 Å². The molecule has 0 bridgehead atoms. The Balaban J connectivity index is 2.23. The molecular weight excluding hydrogens is 312 g/mol. The molecule has 0 fully saturated rings. The van der Waals surface area contributed by atoms with Gasteiger partial charge in [0.15, 0.2) is 0 Å². The Labute approximate surface area is 118 Å². The molecule has 0 aliphatic rings. The topological polar surface area (TPSA) is 55.1 Å². The average molecular weight is 325 g/mol. The molecule has 3 N–H and O–H groups in total. The van der Waals surface area contributed by atoms with Crippen molar-refractivity contribution in [3.63, 3.8) is 0 Å². The number of amides is 1. The molecule has 1 amide bonds. The first-order chi connectivity index (χ1) is 8.47. The van der Waals surface area contributed by atoms with Crippen LogP contribution in [-0.2, 0) is 0 Å². The highest BCUT2D eigenvalue weighted by Crippen LogP contribution is 2.27. The summed E-state index contributed by atoms with van der Waals surface area (Å²) < 4.78 is 0.864. The predicted octanol–water partition coefficient (Wildman–Crippen LogP) is 3.96. The van der Waals surface area contributed by atoms with Crippen molar-refractivity contribution < 1.29 is 4.79 Å². The minimum Gasteiger partial charge on any atom is -0.398 e. The molecule has 94 valence electrons. The van der Waals surface area contributed by atoms with E-state index in [1.54, 1.807) is 6.07 Å². The number of rotatable bonds is 2. The van der Waals surface area contributed by atoms with Gasteiger partial charge in [0, 0.05) is 15.0 Å². The lowest BCUT2D eigenvalue weighted by Gasteiger charge is -2.07. The summed E-state index contributed by atoms with van der Waals surface area (Å²) in [4.78, 5) is 13.7. The number of hydrogen-bond acceptors (Lipinski definition) is 3. The summed E-state index contributed by atoms with van der Waals surface area (Å²) in [6.45, 7) is 3.88. The fraction of sp³-hybridized carbons (Fsp3) is 0.154. The van der Waals surface area contributed by atoms with Crippen LogP contribution in [0.15, 0.2) is 28.7 Å². The third kappa shape index (κ3) is 2.73. The molecule has 0 aliphatic heterocycles. The molecule has 0 atom stereocenters. The van der Waals surface area contributed by atoms with Crippen LogP contribution in [0, 0.1) is 13.8 Å². The first-order valence-corrected chi connectivity index (χ1v) is 7.01. The molecule has 5 heteroatoms. The number of nitrogen functional groups attached to an aromatic ring is 1. The van der Waals surface area contributed by atoms with E-state index in [1.165, 1.54) is 11.3 Å². The van der Waals surface area contributed by atoms with Gasteiger partial charge in [-0.15, -0.1) is 11.3 Å². The van der Waals surface area contributed by atoms with Gasteiger partial charge >= 0.3 is 0 Å². The molecule has 2 aromatic rings. The number of nitrogens with two attached hydrogens (primary N) is 1. The minimum absolute atomic E-state index is 0.133. The van der Waals surface area contributed by atoms with E-state index in [9.17, 15) is 4.79 Å². The SMILES string of the molecule is Cc1ccc(Br)c(NC(=O)c2cc(N)c(C)s2)c1. The van der Waals surface area contributed by atoms with Crippen LogP contribution >= 0.6 is 27.3 Å². The van der Waals surface area contributed by atoms with Gasteiger partial charge in [0.25, 0.3) is 5.91 Å². The monoisotopic (exact) mass is 324 g/mol. The van der Waals surface area contributed by atoms with Gasteiger partial charge in [-0.3, -0.25) is 4.79 Å². The van der Waals surface area contributed by atoms with Gasteiger partial charge in [0.2, 0.25) is 0 Å². The van der Waals surface area contributed by atoms with Gasteiger partial charge in [0.05, 0.1) is 10.6 Å². The highest BCUT2D eigenvalue weighted by atomic mass is 79.9. The number of nitrogens with one attached hydrogen (secondary N) is 1. The lowest BCUT2D eigenvalue weighted by atomic mass is 10.2. The smallest absolute Gasteiger partial charge is 0.265 e. The van der Waals surface area contributed by atoms with Gasteiger partial charge in [-0.1, -0.05) is 6.07 Å². The van der Waals surface area contributed by atoms with Crippen LogP contribution in [0.1, 0.15) is 20.1 Å². The maximum Gasteiger partial charge on any atom is 0.265 e. The fourth-order valence-corrected chi connectivity index (χ4v) is 2.71. The van der Waals surface area contributed by atoms with E-state index in [0.717, 1.165) is 20.6 Å². The molecule has 18 heavy (non-hydrogen) atoms. The summed E-state index contributed by atoms with van der Waals surface area (Å²) in [5.74, 6) is -0.133. The van der Waals surface area contributed by atoms with Crippen LogP contribution < -0.4 is 11.1 Å². The molecule has 0 aliphatic carbocycles. The number of halogens is 1. The van der Waals surface area contributed by atoms with E-state index in [1.807, 2.05) is 32.0 Å². The predicted molar refractivity (Wildman–Crippen MR) is 80.3 cm³/mol. The zero-order chi connectivity index (χ0) is 13.3. The van der Waals surface area contributed by atoms with E-state index in [-0.39, 0.29) is 5.91 Å². The van der Waals surface area contributed by atoms with Crippen molar-refractivity contribution in [1.82, 2.24) is 0 Å². The molecule has 0 saturated carbocycles. The van der Waals surface area contributed by atoms with Crippen LogP contribution in [-0.4, -0.2) is 5.91 Å². The first-order valence-electron chi connectivity index (χ1n) is 5.41. The van der Waals surface area contributed by atoms with E-state index < -0.39 is 0 Å². The fourth-order valence-electron chi connectivity index (χ4n) is 1.53. The third-order valence-corrected chi connectivity index (χ3v) is 4.31. The summed E-state index contributed by atoms with van der Waals surface area (Å²) in [6.07, 6.45) is 0. The minimum atomic E-state index is -0.133. The van der Waals surface area contributed by atoms with E-state index >= 15 is 0 Å². The second-order valence-electron chi connectivity index (χ2n) is 4.06. The largest absolute Gasteiger partial charge is 0.398 e. The summed E-state index contributed by atoms with van der Waals surface area (Å²) in [7, 11) is 0. The van der Waals surface area contributed by atoms with E-state index in [0.29, 0.717) is 10.6 Å². The summed E-state index contributed by atoms with van der Waals surface area (Å²) in [5, 5.41) is 2.88. The third-order valence-electron chi connectivity index (χ3n) is 2.55. The summed E-state index contributed by atoms with van der Waals surface area (Å²) in [5.41, 5.74) is 8.27. The lowest BCUT2D eigenvalue weighted by molar-refractivity contribution is 0.103. The van der Waals surface area contributed by atoms with Gasteiger partial charge < -0.3 is 11.1 Å². The van der Waals surface area contributed by atoms with Crippen LogP contribution in [0.3, 0.4) is 0 Å². The van der Waals surface area contributed by atoms with E-state index in [4.69, 9.17) is 5.73 Å². The van der Waals surface area contributed by atoms with Crippen LogP contribution in [0.2, 0.25) is 0 Å². The number of aryl methyl sites for hydroxylation is 2. The van der Waals surface area contributed by atoms with Crippen LogP contribution in [0.4, 0.5) is 11.4 Å².